The van der Waals surface area contributed by atoms with Crippen LogP contribution in [0.25, 0.3) is 0 Å². The zero-order valence-corrected chi connectivity index (χ0v) is 14.2. The second-order valence-electron chi connectivity index (χ2n) is 5.84. The van der Waals surface area contributed by atoms with Crippen molar-refractivity contribution in [3.8, 4) is 0 Å². The second-order valence-corrected chi connectivity index (χ2v) is 6.69. The van der Waals surface area contributed by atoms with Crippen LogP contribution >= 0.6 is 15.9 Å². The second kappa shape index (κ2) is 8.04. The summed E-state index contributed by atoms with van der Waals surface area (Å²) >= 11 is 3.17. The van der Waals surface area contributed by atoms with Crippen molar-refractivity contribution in [2.75, 3.05) is 13.2 Å². The maximum atomic E-state index is 13.2. The summed E-state index contributed by atoms with van der Waals surface area (Å²) < 4.78 is 18.9. The first kappa shape index (κ1) is 17.4. The van der Waals surface area contributed by atoms with Crippen LogP contribution in [0.4, 0.5) is 4.39 Å². The first-order chi connectivity index (χ1) is 10.5. The largest absolute Gasteiger partial charge is 0.381 e. The molecule has 2 rings (SSSR count). The van der Waals surface area contributed by atoms with Gasteiger partial charge in [-0.15, -0.1) is 0 Å². The number of halogens is 2. The number of nitrogens with one attached hydrogen (secondary N) is 1. The molecule has 0 bridgehead atoms. The number of nitrogens with two attached hydrogens (primary N) is 1. The van der Waals surface area contributed by atoms with Gasteiger partial charge in [-0.1, -0.05) is 6.07 Å². The van der Waals surface area contributed by atoms with Crippen molar-refractivity contribution < 1.29 is 13.9 Å². The van der Waals surface area contributed by atoms with E-state index in [0.29, 0.717) is 24.1 Å². The highest BCUT2D eigenvalue weighted by Crippen LogP contribution is 2.19. The van der Waals surface area contributed by atoms with E-state index in [2.05, 4.69) is 21.2 Å². The zero-order chi connectivity index (χ0) is 16.1. The molecule has 1 aliphatic rings. The third kappa shape index (κ3) is 4.76. The van der Waals surface area contributed by atoms with Gasteiger partial charge in [-0.25, -0.2) is 4.39 Å². The molecule has 2 atom stereocenters. The lowest BCUT2D eigenvalue weighted by atomic mass is 9.91. The van der Waals surface area contributed by atoms with Crippen molar-refractivity contribution in [3.63, 3.8) is 0 Å². The van der Waals surface area contributed by atoms with Gasteiger partial charge in [-0.3, -0.25) is 4.79 Å². The molecule has 22 heavy (non-hydrogen) atoms. The Labute approximate surface area is 138 Å². The van der Waals surface area contributed by atoms with Crippen molar-refractivity contribution >= 4 is 21.8 Å². The summed E-state index contributed by atoms with van der Waals surface area (Å²) in [4.78, 5) is 12.2. The fraction of sp³-hybridized carbons (Fsp3) is 0.562. The summed E-state index contributed by atoms with van der Waals surface area (Å²) in [6.07, 6.45) is 2.28. The first-order valence-electron chi connectivity index (χ1n) is 7.55. The van der Waals surface area contributed by atoms with Gasteiger partial charge in [0.2, 0.25) is 5.91 Å². The Balaban J connectivity index is 1.86. The zero-order valence-electron chi connectivity index (χ0n) is 12.6. The quantitative estimate of drug-likeness (QED) is 0.833. The summed E-state index contributed by atoms with van der Waals surface area (Å²) in [7, 11) is 0. The van der Waals surface area contributed by atoms with E-state index in [4.69, 9.17) is 10.5 Å². The van der Waals surface area contributed by atoms with Crippen LogP contribution in [0.3, 0.4) is 0 Å². The summed E-state index contributed by atoms with van der Waals surface area (Å²) in [6, 6.07) is 4.32. The van der Waals surface area contributed by atoms with Gasteiger partial charge in [0.1, 0.15) is 5.82 Å². The molecule has 0 radical (unpaired) electrons. The van der Waals surface area contributed by atoms with Gasteiger partial charge in [0, 0.05) is 19.3 Å². The van der Waals surface area contributed by atoms with Crippen molar-refractivity contribution in [3.05, 3.63) is 34.1 Å². The number of benzene rings is 1. The molecular weight excluding hydrogens is 351 g/mol. The SMILES string of the molecule is CC(Cc1ccc(F)c(Br)c1)NC(=O)C(N)C1CCOCC1. The van der Waals surface area contributed by atoms with Gasteiger partial charge >= 0.3 is 0 Å². The lowest BCUT2D eigenvalue weighted by Crippen LogP contribution is -2.49. The van der Waals surface area contributed by atoms with Gasteiger partial charge in [0.15, 0.2) is 0 Å². The summed E-state index contributed by atoms with van der Waals surface area (Å²) in [5.74, 6) is -0.233. The number of hydrogen-bond donors (Lipinski definition) is 2. The molecule has 0 aliphatic carbocycles. The van der Waals surface area contributed by atoms with E-state index in [9.17, 15) is 9.18 Å². The molecule has 0 saturated carbocycles. The Morgan fingerprint density at radius 1 is 1.50 bits per heavy atom. The predicted octanol–water partition coefficient (Wildman–Crippen LogP) is 2.39. The lowest BCUT2D eigenvalue weighted by molar-refractivity contribution is -0.124. The highest BCUT2D eigenvalue weighted by molar-refractivity contribution is 9.10. The van der Waals surface area contributed by atoms with Gasteiger partial charge in [-0.2, -0.15) is 0 Å². The molecule has 1 amide bonds. The fourth-order valence-electron chi connectivity index (χ4n) is 2.70. The predicted molar refractivity (Wildman–Crippen MR) is 86.9 cm³/mol. The number of amides is 1. The number of hydrogen-bond acceptors (Lipinski definition) is 3. The van der Waals surface area contributed by atoms with Crippen LogP contribution < -0.4 is 11.1 Å². The average Bonchev–Trinajstić information content (AvgIpc) is 2.51. The first-order valence-corrected chi connectivity index (χ1v) is 8.34. The van der Waals surface area contributed by atoms with Crippen molar-refractivity contribution in [1.29, 1.82) is 0 Å². The maximum Gasteiger partial charge on any atom is 0.237 e. The lowest BCUT2D eigenvalue weighted by Gasteiger charge is -2.27. The summed E-state index contributed by atoms with van der Waals surface area (Å²) in [5, 5.41) is 2.95. The fourth-order valence-corrected chi connectivity index (χ4v) is 3.13. The molecule has 122 valence electrons. The molecule has 1 aromatic rings. The number of carbonyl (C=O) groups excluding carboxylic acids is 1. The molecule has 1 aromatic carbocycles. The number of carbonyl (C=O) groups is 1. The van der Waals surface area contributed by atoms with Gasteiger partial charge < -0.3 is 15.8 Å². The van der Waals surface area contributed by atoms with Crippen LogP contribution in [0.2, 0.25) is 0 Å². The Morgan fingerprint density at radius 3 is 2.82 bits per heavy atom. The van der Waals surface area contributed by atoms with E-state index in [-0.39, 0.29) is 23.7 Å². The molecular formula is C16H22BrFN2O2. The van der Waals surface area contributed by atoms with Gasteiger partial charge in [0.25, 0.3) is 0 Å². The van der Waals surface area contributed by atoms with Crippen LogP contribution in [-0.2, 0) is 16.0 Å². The van der Waals surface area contributed by atoms with Gasteiger partial charge in [0.05, 0.1) is 10.5 Å². The summed E-state index contributed by atoms with van der Waals surface area (Å²) in [6.45, 7) is 3.27. The minimum absolute atomic E-state index is 0.0595. The minimum Gasteiger partial charge on any atom is -0.381 e. The Morgan fingerprint density at radius 2 is 2.18 bits per heavy atom. The highest BCUT2D eigenvalue weighted by Gasteiger charge is 2.27. The van der Waals surface area contributed by atoms with E-state index >= 15 is 0 Å². The van der Waals surface area contributed by atoms with Crippen molar-refractivity contribution in [2.45, 2.75) is 38.3 Å². The van der Waals surface area contributed by atoms with Crippen LogP contribution in [0.1, 0.15) is 25.3 Å². The van der Waals surface area contributed by atoms with E-state index in [1.807, 2.05) is 6.92 Å². The molecule has 0 aromatic heterocycles. The third-order valence-electron chi connectivity index (χ3n) is 3.99. The number of ether oxygens (including phenoxy) is 1. The van der Waals surface area contributed by atoms with E-state index in [0.717, 1.165) is 18.4 Å². The van der Waals surface area contributed by atoms with Crippen molar-refractivity contribution in [2.24, 2.45) is 11.7 Å². The molecule has 3 N–H and O–H groups in total. The smallest absolute Gasteiger partial charge is 0.237 e. The molecule has 0 spiro atoms. The molecule has 1 aliphatic heterocycles. The van der Waals surface area contributed by atoms with E-state index < -0.39 is 6.04 Å². The maximum absolute atomic E-state index is 13.2. The molecule has 1 saturated heterocycles. The topological polar surface area (TPSA) is 64.4 Å². The Bertz CT molecular complexity index is 521. The van der Waals surface area contributed by atoms with Crippen molar-refractivity contribution in [1.82, 2.24) is 5.32 Å². The molecule has 6 heteroatoms. The average molecular weight is 373 g/mol. The third-order valence-corrected chi connectivity index (χ3v) is 4.60. The molecule has 4 nitrogen and oxygen atoms in total. The van der Waals surface area contributed by atoms with Gasteiger partial charge in [-0.05, 0) is 65.7 Å². The molecule has 1 fully saturated rings. The van der Waals surface area contributed by atoms with E-state index in [1.54, 1.807) is 12.1 Å². The monoisotopic (exact) mass is 372 g/mol. The standard InChI is InChI=1S/C16H22BrFN2O2/c1-10(8-11-2-3-14(18)13(17)9-11)20-16(21)15(19)12-4-6-22-7-5-12/h2-3,9-10,12,15H,4-8,19H2,1H3,(H,20,21). The Kier molecular flexibility index (Phi) is 6.35. The number of rotatable bonds is 5. The van der Waals surface area contributed by atoms with Crippen LogP contribution in [-0.4, -0.2) is 31.2 Å². The minimum atomic E-state index is -0.494. The normalized spacial score (nSPS) is 18.7. The molecule has 1 heterocycles. The Hall–Kier alpha value is -0.980. The van der Waals surface area contributed by atoms with E-state index in [1.165, 1.54) is 6.07 Å². The van der Waals surface area contributed by atoms with Crippen LogP contribution in [0.5, 0.6) is 0 Å². The molecule has 2 unspecified atom stereocenters. The summed E-state index contributed by atoms with van der Waals surface area (Å²) in [5.41, 5.74) is 7.01. The van der Waals surface area contributed by atoms with Crippen LogP contribution in [0, 0.1) is 11.7 Å². The van der Waals surface area contributed by atoms with Crippen LogP contribution in [0.15, 0.2) is 22.7 Å². The highest BCUT2D eigenvalue weighted by atomic mass is 79.9.